The molecule has 33 heavy (non-hydrogen) atoms. The molecule has 178 valence electrons. The van der Waals surface area contributed by atoms with E-state index in [9.17, 15) is 4.79 Å². The van der Waals surface area contributed by atoms with Crippen molar-refractivity contribution >= 4 is 5.91 Å². The first-order valence-corrected chi connectivity index (χ1v) is 12.2. The van der Waals surface area contributed by atoms with Crippen molar-refractivity contribution in [3.05, 3.63) is 41.2 Å². The first-order chi connectivity index (χ1) is 15.9. The largest absolute Gasteiger partial charge is 0.486 e. The van der Waals surface area contributed by atoms with E-state index in [0.717, 1.165) is 73.2 Å². The van der Waals surface area contributed by atoms with Crippen molar-refractivity contribution in [3.63, 3.8) is 0 Å². The second-order valence-electron chi connectivity index (χ2n) is 9.72. The third kappa shape index (κ3) is 4.36. The van der Waals surface area contributed by atoms with Gasteiger partial charge in [-0.15, -0.1) is 0 Å². The highest BCUT2D eigenvalue weighted by Crippen LogP contribution is 2.34. The number of benzene rings is 1. The van der Waals surface area contributed by atoms with Gasteiger partial charge in [0, 0.05) is 55.4 Å². The molecule has 0 N–H and O–H groups in total. The van der Waals surface area contributed by atoms with Gasteiger partial charge in [-0.3, -0.25) is 9.69 Å². The van der Waals surface area contributed by atoms with Crippen molar-refractivity contribution < 1.29 is 19.0 Å². The van der Waals surface area contributed by atoms with Crippen molar-refractivity contribution in [2.45, 2.75) is 58.8 Å². The number of carbonyl (C=O) groups excluding carboxylic acids is 1. The van der Waals surface area contributed by atoms with Crippen LogP contribution < -0.4 is 9.47 Å². The van der Waals surface area contributed by atoms with Crippen molar-refractivity contribution in [2.24, 2.45) is 0 Å². The molecule has 7 nitrogen and oxygen atoms in total. The van der Waals surface area contributed by atoms with Gasteiger partial charge < -0.3 is 23.7 Å². The molecule has 0 aliphatic carbocycles. The van der Waals surface area contributed by atoms with E-state index in [2.05, 4.69) is 35.1 Å². The summed E-state index contributed by atoms with van der Waals surface area (Å²) in [5, 5.41) is 0. The van der Waals surface area contributed by atoms with Gasteiger partial charge in [0.25, 0.3) is 5.91 Å². The highest BCUT2D eigenvalue weighted by Gasteiger charge is 2.34. The third-order valence-electron chi connectivity index (χ3n) is 7.05. The molecule has 3 aliphatic heterocycles. The molecule has 3 atom stereocenters. The number of ether oxygens (including phenoxy) is 3. The second-order valence-corrected chi connectivity index (χ2v) is 9.72. The zero-order valence-corrected chi connectivity index (χ0v) is 20.2. The summed E-state index contributed by atoms with van der Waals surface area (Å²) < 4.78 is 19.5. The minimum absolute atomic E-state index is 0.142. The van der Waals surface area contributed by atoms with Gasteiger partial charge >= 0.3 is 0 Å². The Hall–Kier alpha value is -2.51. The van der Waals surface area contributed by atoms with E-state index in [1.165, 1.54) is 0 Å². The van der Waals surface area contributed by atoms with Crippen molar-refractivity contribution in [1.29, 1.82) is 0 Å². The Morgan fingerprint density at radius 3 is 2.52 bits per heavy atom. The summed E-state index contributed by atoms with van der Waals surface area (Å²) in [5.74, 6) is 1.67. The molecule has 4 heterocycles. The van der Waals surface area contributed by atoms with E-state index in [4.69, 9.17) is 14.2 Å². The summed E-state index contributed by atoms with van der Waals surface area (Å²) >= 11 is 0. The predicted octanol–water partition coefficient (Wildman–Crippen LogP) is 3.58. The highest BCUT2D eigenvalue weighted by atomic mass is 16.6. The molecule has 0 saturated carbocycles. The minimum atomic E-state index is 0.142. The number of amides is 1. The molecule has 1 aromatic heterocycles. The van der Waals surface area contributed by atoms with Crippen LogP contribution in [-0.2, 0) is 4.74 Å². The van der Waals surface area contributed by atoms with Gasteiger partial charge in [-0.05, 0) is 58.7 Å². The fourth-order valence-electron chi connectivity index (χ4n) is 5.73. The van der Waals surface area contributed by atoms with Crippen molar-refractivity contribution in [2.75, 3.05) is 39.4 Å². The zero-order chi connectivity index (χ0) is 23.1. The Labute approximate surface area is 196 Å². The number of aromatic nitrogens is 1. The summed E-state index contributed by atoms with van der Waals surface area (Å²) in [6.45, 7) is 13.1. The first-order valence-electron chi connectivity index (χ1n) is 12.2. The molecule has 1 amide bonds. The van der Waals surface area contributed by atoms with Crippen LogP contribution in [0.2, 0.25) is 0 Å². The number of hydrogen-bond acceptors (Lipinski definition) is 5. The average molecular weight is 454 g/mol. The highest BCUT2D eigenvalue weighted by molar-refractivity contribution is 5.96. The average Bonchev–Trinajstić information content (AvgIpc) is 3.36. The minimum Gasteiger partial charge on any atom is -0.486 e. The van der Waals surface area contributed by atoms with Gasteiger partial charge in [-0.2, -0.15) is 0 Å². The van der Waals surface area contributed by atoms with E-state index in [-0.39, 0.29) is 24.2 Å². The summed E-state index contributed by atoms with van der Waals surface area (Å²) in [7, 11) is 0. The number of likely N-dealkylation sites (tertiary alicyclic amines) is 1. The number of hydrogen-bond donors (Lipinski definition) is 0. The molecule has 0 bridgehead atoms. The maximum absolute atomic E-state index is 13.7. The van der Waals surface area contributed by atoms with Gasteiger partial charge in [0.1, 0.15) is 13.2 Å². The monoisotopic (exact) mass is 453 g/mol. The molecule has 5 rings (SSSR count). The summed E-state index contributed by atoms with van der Waals surface area (Å²) in [6.07, 6.45) is 2.60. The number of carbonyl (C=O) groups is 1. The lowest BCUT2D eigenvalue weighted by Crippen LogP contribution is -2.51. The van der Waals surface area contributed by atoms with Crippen LogP contribution in [0.4, 0.5) is 0 Å². The van der Waals surface area contributed by atoms with Crippen LogP contribution in [0.1, 0.15) is 48.4 Å². The van der Waals surface area contributed by atoms with Crippen LogP contribution in [0.15, 0.2) is 24.3 Å². The lowest BCUT2D eigenvalue weighted by Gasteiger charge is -2.38. The molecule has 2 aromatic rings. The predicted molar refractivity (Wildman–Crippen MR) is 127 cm³/mol. The van der Waals surface area contributed by atoms with Crippen LogP contribution in [0, 0.1) is 13.8 Å². The molecule has 2 saturated heterocycles. The Bertz CT molecular complexity index is 1020. The topological polar surface area (TPSA) is 56.2 Å². The molecule has 0 spiro atoms. The van der Waals surface area contributed by atoms with Crippen LogP contribution in [0.5, 0.6) is 11.5 Å². The standard InChI is InChI=1S/C26H35N3O4/c1-17-12-23(20(4)29(17)21-7-8-24-25(13-21)32-11-10-31-24)26(30)28-9-5-6-22(28)16-27-14-18(2)33-19(3)15-27/h7-8,12-13,18-19,22H,5-6,9-11,14-16H2,1-4H3. The Morgan fingerprint density at radius 2 is 1.76 bits per heavy atom. The lowest BCUT2D eigenvalue weighted by atomic mass is 10.1. The molecular weight excluding hydrogens is 418 g/mol. The van der Waals surface area contributed by atoms with Crippen LogP contribution in [-0.4, -0.2) is 77.9 Å². The zero-order valence-electron chi connectivity index (χ0n) is 20.2. The maximum Gasteiger partial charge on any atom is 0.255 e. The Balaban J connectivity index is 1.37. The van der Waals surface area contributed by atoms with Crippen molar-refractivity contribution in [1.82, 2.24) is 14.4 Å². The molecule has 3 aliphatic rings. The van der Waals surface area contributed by atoms with E-state index < -0.39 is 0 Å². The molecular formula is C26H35N3O4. The summed E-state index contributed by atoms with van der Waals surface area (Å²) in [6, 6.07) is 8.27. The Kier molecular flexibility index (Phi) is 6.10. The molecule has 0 radical (unpaired) electrons. The third-order valence-corrected chi connectivity index (χ3v) is 7.05. The quantitative estimate of drug-likeness (QED) is 0.708. The lowest BCUT2D eigenvalue weighted by molar-refractivity contribution is -0.0715. The smallest absolute Gasteiger partial charge is 0.255 e. The SMILES string of the molecule is Cc1cc(C(=O)N2CCCC2CN2CC(C)OC(C)C2)c(C)n1-c1ccc2c(c1)OCCO2. The molecule has 7 heteroatoms. The number of morpholine rings is 1. The van der Waals surface area contributed by atoms with E-state index in [1.807, 2.05) is 31.2 Å². The molecule has 2 fully saturated rings. The van der Waals surface area contributed by atoms with Crippen molar-refractivity contribution in [3.8, 4) is 17.2 Å². The fourth-order valence-corrected chi connectivity index (χ4v) is 5.73. The Morgan fingerprint density at radius 1 is 1.03 bits per heavy atom. The van der Waals surface area contributed by atoms with E-state index >= 15 is 0 Å². The van der Waals surface area contributed by atoms with Crippen LogP contribution >= 0.6 is 0 Å². The number of rotatable bonds is 4. The number of aryl methyl sites for hydroxylation is 1. The molecule has 1 aromatic carbocycles. The maximum atomic E-state index is 13.7. The fraction of sp³-hybridized carbons (Fsp3) is 0.577. The normalized spacial score (nSPS) is 25.5. The van der Waals surface area contributed by atoms with Gasteiger partial charge in [-0.1, -0.05) is 0 Å². The molecule has 3 unspecified atom stereocenters. The summed E-state index contributed by atoms with van der Waals surface area (Å²) in [4.78, 5) is 18.3. The van der Waals surface area contributed by atoms with Gasteiger partial charge in [-0.25, -0.2) is 0 Å². The van der Waals surface area contributed by atoms with Gasteiger partial charge in [0.2, 0.25) is 0 Å². The summed E-state index contributed by atoms with van der Waals surface area (Å²) in [5.41, 5.74) is 3.79. The van der Waals surface area contributed by atoms with Gasteiger partial charge in [0.15, 0.2) is 11.5 Å². The van der Waals surface area contributed by atoms with Crippen LogP contribution in [0.3, 0.4) is 0 Å². The number of nitrogens with zero attached hydrogens (tertiary/aromatic N) is 3. The van der Waals surface area contributed by atoms with Crippen LogP contribution in [0.25, 0.3) is 5.69 Å². The second kappa shape index (κ2) is 9.03. The first kappa shape index (κ1) is 22.3. The number of fused-ring (bicyclic) bond motifs is 1. The van der Waals surface area contributed by atoms with Gasteiger partial charge in [0.05, 0.1) is 17.8 Å². The van der Waals surface area contributed by atoms with E-state index in [1.54, 1.807) is 0 Å². The van der Waals surface area contributed by atoms with E-state index in [0.29, 0.717) is 13.2 Å².